The molecule has 0 saturated heterocycles. The summed E-state index contributed by atoms with van der Waals surface area (Å²) in [5.74, 6) is -3.46. The molecular weight excluding hydrogens is 1410 g/mol. The van der Waals surface area contributed by atoms with E-state index in [-0.39, 0.29) is 85.3 Å². The molecule has 4 atom stereocenters. The number of benzene rings is 5. The summed E-state index contributed by atoms with van der Waals surface area (Å²) in [7, 11) is 1.51. The van der Waals surface area contributed by atoms with Gasteiger partial charge in [0.25, 0.3) is 17.7 Å². The molecule has 3 saturated carbocycles. The van der Waals surface area contributed by atoms with E-state index in [4.69, 9.17) is 35.5 Å². The molecule has 7 aliphatic rings. The van der Waals surface area contributed by atoms with Crippen LogP contribution in [0.4, 0.5) is 17.1 Å². The normalized spacial score (nSPS) is 19.6. The first kappa shape index (κ1) is 77.9. The topological polar surface area (TPSA) is 351 Å². The van der Waals surface area contributed by atoms with E-state index in [1.54, 1.807) is 98.7 Å². The van der Waals surface area contributed by atoms with Crippen molar-refractivity contribution in [3.8, 4) is 17.2 Å². The zero-order valence-electron chi connectivity index (χ0n) is 60.4. The van der Waals surface area contributed by atoms with Crippen molar-refractivity contribution in [3.05, 3.63) is 137 Å². The number of aliphatic imine (C=N–C) groups is 1. The van der Waals surface area contributed by atoms with E-state index in [9.17, 15) is 57.8 Å². The molecule has 107 heavy (non-hydrogen) atoms. The number of phenols is 1. The van der Waals surface area contributed by atoms with Crippen LogP contribution >= 0.6 is 24.2 Å². The van der Waals surface area contributed by atoms with Crippen molar-refractivity contribution in [1.29, 1.82) is 0 Å². The third-order valence-electron chi connectivity index (χ3n) is 20.5. The number of thiol groups is 1. The smallest absolute Gasteiger partial charge is 0.260 e. The second-order valence-electron chi connectivity index (χ2n) is 29.1. The first-order chi connectivity index (χ1) is 51.2. The van der Waals surface area contributed by atoms with E-state index in [0.717, 1.165) is 38.7 Å². The van der Waals surface area contributed by atoms with Crippen LogP contribution in [0.3, 0.4) is 0 Å². The van der Waals surface area contributed by atoms with E-state index in [1.807, 2.05) is 42.2 Å². The summed E-state index contributed by atoms with van der Waals surface area (Å²) in [6.45, 7) is 6.38. The average Bonchev–Trinajstić information content (AvgIpc) is 1.41. The van der Waals surface area contributed by atoms with E-state index in [2.05, 4.69) is 49.8 Å². The highest BCUT2D eigenvalue weighted by atomic mass is 35.5. The summed E-state index contributed by atoms with van der Waals surface area (Å²) in [6.07, 6.45) is 11.3. The van der Waals surface area contributed by atoms with Gasteiger partial charge in [0.2, 0.25) is 47.3 Å². The van der Waals surface area contributed by atoms with Gasteiger partial charge in [0, 0.05) is 122 Å². The van der Waals surface area contributed by atoms with Crippen molar-refractivity contribution >= 4 is 129 Å². The number of fused-ring (bicyclic) bond motifs is 5. The van der Waals surface area contributed by atoms with Gasteiger partial charge < -0.3 is 71.1 Å². The SMILES string of the molecule is COc1cc2c(cc1OCC13CC(C(=O)N4CC(CCl)c5c4cc(O)c4cccc(C)c54)(C1)C3)N=C[C@@H]1CC(c3ccc(NC(=O)COCNC(=O)CNC(=O)[C@H](Cc4ccccc4)NC(=O)CNC(=O)CNC(=O)C(C)(C)CCOC(C)(S)CCNC(=O)CCCCCN4C(=O)C=CC4=O)cc3)=CN1C2=O. The van der Waals surface area contributed by atoms with Gasteiger partial charge in [-0.05, 0) is 104 Å². The Kier molecular flexibility index (Phi) is 24.6. The molecule has 2 bridgehead atoms. The predicted molar refractivity (Wildman–Crippen MR) is 403 cm³/mol. The first-order valence-electron chi connectivity index (χ1n) is 35.8. The number of hydrogen-bond donors (Lipinski definition) is 9. The Morgan fingerprint density at radius 3 is 2.23 bits per heavy atom. The number of methoxy groups -OCH3 is 1. The summed E-state index contributed by atoms with van der Waals surface area (Å²) in [5, 5.41) is 31.0. The number of hydrogen-bond acceptors (Lipinski definition) is 18. The molecule has 566 valence electrons. The maximum Gasteiger partial charge on any atom is 0.260 e. The number of halogens is 1. The maximum absolute atomic E-state index is 14.4. The van der Waals surface area contributed by atoms with E-state index in [1.165, 1.54) is 24.2 Å². The number of anilines is 2. The van der Waals surface area contributed by atoms with Crippen LogP contribution in [0, 0.1) is 23.2 Å². The number of imide groups is 1. The highest BCUT2D eigenvalue weighted by molar-refractivity contribution is 7.81. The number of ether oxygens (including phenoxy) is 4. The second-order valence-corrected chi connectivity index (χ2v) is 30.3. The van der Waals surface area contributed by atoms with Crippen LogP contribution in [0.5, 0.6) is 17.2 Å². The quantitative estimate of drug-likeness (QED) is 0.00645. The first-order valence-corrected chi connectivity index (χ1v) is 36.8. The van der Waals surface area contributed by atoms with Crippen LogP contribution in [0.15, 0.2) is 114 Å². The Hall–Kier alpha value is -10.2. The molecule has 8 N–H and O–H groups in total. The lowest BCUT2D eigenvalue weighted by Crippen LogP contribution is -2.70. The van der Waals surface area contributed by atoms with Crippen LogP contribution in [-0.4, -0.2) is 182 Å². The number of carbonyl (C=O) groups excluding carboxylic acids is 11. The molecule has 12 rings (SSSR count). The zero-order valence-corrected chi connectivity index (χ0v) is 62.1. The summed E-state index contributed by atoms with van der Waals surface area (Å²) in [6, 6.07) is 25.2. The fourth-order valence-corrected chi connectivity index (χ4v) is 15.1. The molecule has 29 heteroatoms. The molecule has 5 aromatic carbocycles. The van der Waals surface area contributed by atoms with Crippen molar-refractivity contribution in [2.75, 3.05) is 89.0 Å². The van der Waals surface area contributed by atoms with Crippen LogP contribution < -0.4 is 51.6 Å². The highest BCUT2D eigenvalue weighted by Gasteiger charge is 2.73. The Balaban J connectivity index is 0.558. The minimum absolute atomic E-state index is 0.0405. The zero-order chi connectivity index (χ0) is 76.4. The number of unbranched alkanes of at least 4 members (excludes halogenated alkanes) is 2. The van der Waals surface area contributed by atoms with Gasteiger partial charge in [-0.25, -0.2) is 0 Å². The van der Waals surface area contributed by atoms with Crippen molar-refractivity contribution in [1.82, 2.24) is 41.7 Å². The van der Waals surface area contributed by atoms with Gasteiger partial charge in [0.15, 0.2) is 11.5 Å². The van der Waals surface area contributed by atoms with Gasteiger partial charge in [-0.2, -0.15) is 0 Å². The van der Waals surface area contributed by atoms with E-state index >= 15 is 0 Å². The lowest BCUT2D eigenvalue weighted by molar-refractivity contribution is -0.215. The van der Waals surface area contributed by atoms with E-state index in [0.29, 0.717) is 117 Å². The van der Waals surface area contributed by atoms with E-state index < -0.39 is 83.5 Å². The monoisotopic (exact) mass is 1500 g/mol. The van der Waals surface area contributed by atoms with Crippen LogP contribution in [-0.2, 0) is 63.8 Å². The van der Waals surface area contributed by atoms with Crippen LogP contribution in [0.2, 0.25) is 0 Å². The molecule has 0 spiro atoms. The fourth-order valence-electron chi connectivity index (χ4n) is 14.6. The Bertz CT molecular complexity index is 4360. The molecule has 4 aliphatic heterocycles. The lowest BCUT2D eigenvalue weighted by atomic mass is 9.35. The number of aryl methyl sites for hydroxylation is 1. The number of carbonyl (C=O) groups is 11. The van der Waals surface area contributed by atoms with Gasteiger partial charge >= 0.3 is 0 Å². The summed E-state index contributed by atoms with van der Waals surface area (Å²) >= 11 is 11.1. The second kappa shape index (κ2) is 33.7. The van der Waals surface area contributed by atoms with Gasteiger partial charge in [-0.15, -0.1) is 24.2 Å². The summed E-state index contributed by atoms with van der Waals surface area (Å²) in [5.41, 5.74) is 4.72. The molecule has 27 nitrogen and oxygen atoms in total. The van der Waals surface area contributed by atoms with Crippen molar-refractivity contribution < 1.29 is 76.8 Å². The minimum Gasteiger partial charge on any atom is -0.507 e. The average molecular weight is 1510 g/mol. The number of aromatic hydroxyl groups is 1. The van der Waals surface area contributed by atoms with Gasteiger partial charge in [0.1, 0.15) is 30.1 Å². The predicted octanol–water partition coefficient (Wildman–Crippen LogP) is 6.93. The van der Waals surface area contributed by atoms with Crippen LogP contribution in [0.1, 0.15) is 124 Å². The molecule has 4 heterocycles. The van der Waals surface area contributed by atoms with Crippen molar-refractivity contribution in [3.63, 3.8) is 0 Å². The molecule has 2 unspecified atom stereocenters. The molecule has 3 fully saturated rings. The third kappa shape index (κ3) is 18.6. The Morgan fingerprint density at radius 2 is 1.50 bits per heavy atom. The van der Waals surface area contributed by atoms with Crippen molar-refractivity contribution in [2.24, 2.45) is 21.2 Å². The van der Waals surface area contributed by atoms with Crippen molar-refractivity contribution in [2.45, 2.75) is 121 Å². The fraction of sp³-hybridized carbons (Fsp3) is 0.436. The Morgan fingerprint density at radius 1 is 0.785 bits per heavy atom. The largest absolute Gasteiger partial charge is 0.507 e. The third-order valence-corrected chi connectivity index (χ3v) is 21.2. The van der Waals surface area contributed by atoms with Gasteiger partial charge in [0.05, 0.1) is 61.7 Å². The molecule has 0 radical (unpaired) electrons. The van der Waals surface area contributed by atoms with Gasteiger partial charge in [-0.1, -0.05) is 80.9 Å². The molecule has 3 aliphatic carbocycles. The molecule has 5 aromatic rings. The highest BCUT2D eigenvalue weighted by Crippen LogP contribution is 2.74. The minimum atomic E-state index is -1.16. The summed E-state index contributed by atoms with van der Waals surface area (Å²) in [4.78, 5) is 151. The number of nitrogens with zero attached hydrogens (tertiary/aromatic N) is 4. The maximum atomic E-state index is 14.4. The van der Waals surface area contributed by atoms with Crippen LogP contribution in [0.25, 0.3) is 16.3 Å². The number of phenolic OH excluding ortho intramolecular Hbond substituents is 1. The molecule has 0 aromatic heterocycles. The summed E-state index contributed by atoms with van der Waals surface area (Å²) < 4.78 is 23.6. The number of nitrogens with one attached hydrogen (secondary N) is 7. The standard InChI is InChI=1S/C78H90ClN11O16S/c1-47-13-12-16-54-59(91)33-58-70(69(47)54)51(34-79)40-90(58)74(102)78-42-77(43-78,44-78)45-105-61-32-56-55(31-60(61)103-5)72(100)89-39-50(30-53(89)35-81-56)49-18-20-52(21-19-49)86-66(96)41-104-46-85-64(94)36-83-71(99)57(29-48-14-8-6-9-15-48)87-65(95)38-82-63(93)37-84-73(101)75(2,3)25-28-106-76(4,107)24-26-80-62(92)17-10-7-11-27-88-67(97)22-23-68(88)98/h6,8-9,12-16,18-23,31-33,35,39,51,53,57,91,107H,7,10-11,17,24-30,34,36-38,40-46H2,1-5H3,(H,80,92)(H,82,93)(H,83,99)(H,84,101)(H,85,94)(H,86,96)(H,87,95)/t51?,53-,57-,76?,77?,78?/m0/s1. The number of rotatable bonds is 36. The Labute approximate surface area is 630 Å². The molecular formula is C78H90ClN11O16S. The number of amides is 11. The number of alkyl halides is 1. The van der Waals surface area contributed by atoms with Gasteiger partial charge in [-0.3, -0.25) is 62.6 Å². The lowest BCUT2D eigenvalue weighted by Gasteiger charge is -2.69. The molecule has 11 amide bonds.